The van der Waals surface area contributed by atoms with E-state index in [2.05, 4.69) is 5.32 Å². The van der Waals surface area contributed by atoms with Gasteiger partial charge in [0.1, 0.15) is 0 Å². The van der Waals surface area contributed by atoms with Crippen molar-refractivity contribution in [2.45, 2.75) is 52.1 Å². The van der Waals surface area contributed by atoms with Crippen LogP contribution in [0.5, 0.6) is 0 Å². The van der Waals surface area contributed by atoms with E-state index in [4.69, 9.17) is 21.7 Å². The zero-order valence-corrected chi connectivity index (χ0v) is 20.2. The van der Waals surface area contributed by atoms with Gasteiger partial charge < -0.3 is 19.7 Å². The maximum absolute atomic E-state index is 14.1. The fourth-order valence-electron chi connectivity index (χ4n) is 4.07. The third kappa shape index (κ3) is 3.83. The summed E-state index contributed by atoms with van der Waals surface area (Å²) in [5, 5.41) is 4.61. The Morgan fingerprint density at radius 2 is 1.53 bits per heavy atom. The Hall–Kier alpha value is -3.66. The van der Waals surface area contributed by atoms with Crippen molar-refractivity contribution in [3.05, 3.63) is 65.7 Å². The van der Waals surface area contributed by atoms with Crippen LogP contribution in [-0.4, -0.2) is 45.4 Å². The maximum atomic E-state index is 14.1. The minimum atomic E-state index is -1.80. The Morgan fingerprint density at radius 1 is 0.941 bits per heavy atom. The van der Waals surface area contributed by atoms with E-state index in [1.807, 2.05) is 30.3 Å². The van der Waals surface area contributed by atoms with E-state index in [9.17, 15) is 14.4 Å². The summed E-state index contributed by atoms with van der Waals surface area (Å²) in [6, 6.07) is 16.5. The van der Waals surface area contributed by atoms with E-state index in [1.54, 1.807) is 56.9 Å². The van der Waals surface area contributed by atoms with Crippen molar-refractivity contribution in [1.29, 1.82) is 0 Å². The van der Waals surface area contributed by atoms with Gasteiger partial charge in [-0.25, -0.2) is 9.59 Å². The number of nitrogens with one attached hydrogen (secondary N) is 1. The van der Waals surface area contributed by atoms with E-state index in [-0.39, 0.29) is 11.7 Å². The van der Waals surface area contributed by atoms with E-state index >= 15 is 0 Å². The van der Waals surface area contributed by atoms with E-state index in [0.29, 0.717) is 11.3 Å². The van der Waals surface area contributed by atoms with Gasteiger partial charge in [-0.05, 0) is 51.5 Å². The highest BCUT2D eigenvalue weighted by molar-refractivity contribution is 7.80. The van der Waals surface area contributed by atoms with Crippen LogP contribution < -0.4 is 10.2 Å². The van der Waals surface area contributed by atoms with Gasteiger partial charge in [-0.1, -0.05) is 48.5 Å². The second-order valence-electron chi connectivity index (χ2n) is 8.52. The van der Waals surface area contributed by atoms with Crippen LogP contribution in [-0.2, 0) is 26.5 Å². The number of thiocarbonyl (C=S) groups is 1. The molecule has 1 spiro atoms. The number of rotatable bonds is 4. The maximum Gasteiger partial charge on any atom is 0.436 e. The molecule has 2 heterocycles. The predicted molar refractivity (Wildman–Crippen MR) is 128 cm³/mol. The van der Waals surface area contributed by atoms with Crippen LogP contribution in [0.2, 0.25) is 0 Å². The Morgan fingerprint density at radius 3 is 2.18 bits per heavy atom. The van der Waals surface area contributed by atoms with Crippen LogP contribution in [0.1, 0.15) is 38.8 Å². The van der Waals surface area contributed by atoms with Gasteiger partial charge in [-0.15, -0.1) is 0 Å². The molecule has 1 saturated heterocycles. The van der Waals surface area contributed by atoms with Gasteiger partial charge in [0, 0.05) is 5.56 Å². The Labute approximate surface area is 203 Å². The summed E-state index contributed by atoms with van der Waals surface area (Å²) < 4.78 is 10.8. The molecule has 2 aliphatic rings. The molecule has 4 rings (SSSR count). The molecule has 2 aliphatic heterocycles. The Balaban J connectivity index is 1.85. The zero-order chi connectivity index (χ0) is 24.6. The number of ether oxygens (including phenoxy) is 2. The van der Waals surface area contributed by atoms with Crippen LogP contribution in [0.25, 0.3) is 0 Å². The van der Waals surface area contributed by atoms with E-state index in [0.717, 1.165) is 15.6 Å². The molecule has 2 aromatic rings. The summed E-state index contributed by atoms with van der Waals surface area (Å²) in [5.41, 5.74) is 0.160. The highest BCUT2D eigenvalue weighted by Crippen LogP contribution is 2.46. The van der Waals surface area contributed by atoms with Crippen molar-refractivity contribution in [3.8, 4) is 0 Å². The molecule has 0 aromatic heterocycles. The van der Waals surface area contributed by atoms with Gasteiger partial charge in [-0.2, -0.15) is 10.0 Å². The van der Waals surface area contributed by atoms with Gasteiger partial charge in [-0.3, -0.25) is 4.79 Å². The molecule has 1 unspecified atom stereocenters. The first-order valence-electron chi connectivity index (χ1n) is 11.0. The highest BCUT2D eigenvalue weighted by atomic mass is 32.1. The molecule has 178 valence electrons. The smallest absolute Gasteiger partial charge is 0.436 e. The normalized spacial score (nSPS) is 19.2. The number of nitrogens with zero attached hydrogens (tertiary/aromatic N) is 3. The van der Waals surface area contributed by atoms with Gasteiger partial charge in [0.2, 0.25) is 10.8 Å². The molecule has 2 aromatic carbocycles. The van der Waals surface area contributed by atoms with Crippen LogP contribution in [0.15, 0.2) is 54.6 Å². The van der Waals surface area contributed by atoms with Crippen molar-refractivity contribution in [2.75, 3.05) is 4.90 Å². The number of amides is 3. The Bertz CT molecular complexity index is 1140. The number of fused-ring (bicyclic) bond motifs is 2. The van der Waals surface area contributed by atoms with Crippen LogP contribution >= 0.6 is 12.2 Å². The molecule has 0 bridgehead atoms. The van der Waals surface area contributed by atoms with E-state index < -0.39 is 36.0 Å². The molecule has 1 N–H and O–H groups in total. The summed E-state index contributed by atoms with van der Waals surface area (Å²) in [4.78, 5) is 42.0. The number of para-hydroxylation sites is 1. The standard InChI is InChI=1S/C24H26N4O5S/c1-15(2)32-22(30)27-21(34)25-24(28(27)23(31)33-16(3)4)18-12-8-9-13-19(18)26(20(24)29)14-17-10-6-5-7-11-17/h5-13,15-16H,14H2,1-4H3,(H,25,34). The second kappa shape index (κ2) is 8.94. The Kier molecular flexibility index (Phi) is 6.18. The molecule has 0 aliphatic carbocycles. The van der Waals surface area contributed by atoms with Gasteiger partial charge in [0.25, 0.3) is 5.91 Å². The topological polar surface area (TPSA) is 91.4 Å². The summed E-state index contributed by atoms with van der Waals surface area (Å²) in [6.45, 7) is 6.96. The van der Waals surface area contributed by atoms with Crippen LogP contribution in [0.4, 0.5) is 15.3 Å². The number of hydrazine groups is 1. The first-order chi connectivity index (χ1) is 16.2. The molecule has 9 nitrogen and oxygen atoms in total. The molecule has 0 radical (unpaired) electrons. The molecule has 10 heteroatoms. The van der Waals surface area contributed by atoms with E-state index in [1.165, 1.54) is 0 Å². The summed E-state index contributed by atoms with van der Waals surface area (Å²) >= 11 is 5.43. The van der Waals surface area contributed by atoms with Crippen molar-refractivity contribution < 1.29 is 23.9 Å². The van der Waals surface area contributed by atoms with Gasteiger partial charge in [0.05, 0.1) is 24.4 Å². The fourth-order valence-corrected chi connectivity index (χ4v) is 4.37. The molecule has 1 fully saturated rings. The van der Waals surface area contributed by atoms with Crippen LogP contribution in [0.3, 0.4) is 0 Å². The number of carbonyl (C=O) groups is 3. The lowest BCUT2D eigenvalue weighted by Crippen LogP contribution is -2.60. The predicted octanol–water partition coefficient (Wildman–Crippen LogP) is 3.88. The number of anilines is 1. The monoisotopic (exact) mass is 482 g/mol. The zero-order valence-electron chi connectivity index (χ0n) is 19.3. The molecular weight excluding hydrogens is 456 g/mol. The first-order valence-corrected chi connectivity index (χ1v) is 11.4. The van der Waals surface area contributed by atoms with Crippen LogP contribution in [0, 0.1) is 0 Å². The first kappa shape index (κ1) is 23.5. The van der Waals surface area contributed by atoms with Gasteiger partial charge in [0.15, 0.2) is 0 Å². The molecule has 0 saturated carbocycles. The lowest BCUT2D eigenvalue weighted by molar-refractivity contribution is -0.134. The SMILES string of the molecule is CC(C)OC(=O)N1C(=S)NC2(C(=O)N(Cc3ccccc3)c3ccccc32)N1C(=O)OC(C)C. The molecular formula is C24H26N4O5S. The molecule has 3 amide bonds. The average Bonchev–Trinajstić information content (AvgIpc) is 3.21. The fraction of sp³-hybridized carbons (Fsp3) is 0.333. The summed E-state index contributed by atoms with van der Waals surface area (Å²) in [6.07, 6.45) is -2.78. The van der Waals surface area contributed by atoms with Crippen molar-refractivity contribution in [3.63, 3.8) is 0 Å². The highest BCUT2D eigenvalue weighted by Gasteiger charge is 2.65. The lowest BCUT2D eigenvalue weighted by atomic mass is 10.0. The largest absolute Gasteiger partial charge is 0.445 e. The lowest BCUT2D eigenvalue weighted by Gasteiger charge is -2.34. The number of hydrogen-bond acceptors (Lipinski definition) is 6. The second-order valence-corrected chi connectivity index (χ2v) is 8.91. The minimum absolute atomic E-state index is 0.143. The average molecular weight is 483 g/mol. The molecule has 1 atom stereocenters. The quantitative estimate of drug-likeness (QED) is 0.661. The van der Waals surface area contributed by atoms with Gasteiger partial charge >= 0.3 is 12.2 Å². The molecule has 34 heavy (non-hydrogen) atoms. The van der Waals surface area contributed by atoms with Crippen molar-refractivity contribution in [1.82, 2.24) is 15.3 Å². The minimum Gasteiger partial charge on any atom is -0.445 e. The number of benzene rings is 2. The number of carbonyl (C=O) groups excluding carboxylic acids is 3. The van der Waals surface area contributed by atoms with Crippen molar-refractivity contribution in [2.24, 2.45) is 0 Å². The third-order valence-corrected chi connectivity index (χ3v) is 5.61. The third-order valence-electron chi connectivity index (χ3n) is 5.34. The summed E-state index contributed by atoms with van der Waals surface area (Å²) in [5.74, 6) is -0.472. The van der Waals surface area contributed by atoms with Crippen molar-refractivity contribution >= 4 is 41.1 Å². The summed E-state index contributed by atoms with van der Waals surface area (Å²) in [7, 11) is 0. The number of hydrogen-bond donors (Lipinski definition) is 1.